The van der Waals surface area contributed by atoms with Gasteiger partial charge in [-0.25, -0.2) is 8.42 Å². The summed E-state index contributed by atoms with van der Waals surface area (Å²) in [6.45, 7) is 3.79. The van der Waals surface area contributed by atoms with E-state index in [4.69, 9.17) is 4.74 Å². The Kier molecular flexibility index (Phi) is 6.01. The topological polar surface area (TPSA) is 75.7 Å². The first-order valence-corrected chi connectivity index (χ1v) is 10.6. The van der Waals surface area contributed by atoms with Gasteiger partial charge in [0.2, 0.25) is 0 Å². The van der Waals surface area contributed by atoms with Crippen LogP contribution in [0.4, 0.5) is 5.69 Å². The van der Waals surface area contributed by atoms with Crippen LogP contribution < -0.4 is 9.46 Å². The van der Waals surface area contributed by atoms with E-state index in [0.717, 1.165) is 32.4 Å². The lowest BCUT2D eigenvalue weighted by atomic mass is 10.1. The summed E-state index contributed by atoms with van der Waals surface area (Å²) in [6, 6.07) is 12.9. The maximum Gasteiger partial charge on any atom is 0.262 e. The Labute approximate surface area is 160 Å². The first-order chi connectivity index (χ1) is 13.0. The van der Waals surface area contributed by atoms with Crippen LogP contribution in [0.3, 0.4) is 0 Å². The summed E-state index contributed by atoms with van der Waals surface area (Å²) in [6.07, 6.45) is 3.18. The smallest absolute Gasteiger partial charge is 0.262 e. The van der Waals surface area contributed by atoms with E-state index >= 15 is 0 Å². The lowest BCUT2D eigenvalue weighted by Crippen LogP contribution is -2.35. The van der Waals surface area contributed by atoms with Crippen molar-refractivity contribution < 1.29 is 17.9 Å². The van der Waals surface area contributed by atoms with Gasteiger partial charge in [0, 0.05) is 18.7 Å². The molecule has 1 saturated heterocycles. The molecule has 1 aliphatic rings. The van der Waals surface area contributed by atoms with E-state index in [9.17, 15) is 13.2 Å². The minimum Gasteiger partial charge on any atom is -0.492 e. The maximum atomic E-state index is 12.7. The molecule has 7 heteroatoms. The highest BCUT2D eigenvalue weighted by molar-refractivity contribution is 7.92. The summed E-state index contributed by atoms with van der Waals surface area (Å²) in [5.74, 6) is 0.425. The predicted octanol–water partition coefficient (Wildman–Crippen LogP) is 3.51. The molecule has 1 amide bonds. The van der Waals surface area contributed by atoms with E-state index in [1.807, 2.05) is 11.8 Å². The van der Waals surface area contributed by atoms with Crippen LogP contribution in [0.25, 0.3) is 0 Å². The molecule has 3 rings (SSSR count). The van der Waals surface area contributed by atoms with Gasteiger partial charge in [-0.3, -0.25) is 9.52 Å². The molecule has 0 aromatic heterocycles. The van der Waals surface area contributed by atoms with Gasteiger partial charge in [-0.15, -0.1) is 0 Å². The van der Waals surface area contributed by atoms with Gasteiger partial charge < -0.3 is 9.64 Å². The second-order valence-electron chi connectivity index (χ2n) is 6.41. The van der Waals surface area contributed by atoms with Gasteiger partial charge in [-0.1, -0.05) is 12.1 Å². The minimum atomic E-state index is -3.78. The number of likely N-dealkylation sites (tertiary alicyclic amines) is 1. The van der Waals surface area contributed by atoms with Crippen molar-refractivity contribution in [3.63, 3.8) is 0 Å². The van der Waals surface area contributed by atoms with E-state index < -0.39 is 10.0 Å². The zero-order valence-corrected chi connectivity index (χ0v) is 16.2. The number of ether oxygens (including phenoxy) is 1. The van der Waals surface area contributed by atoms with Gasteiger partial charge in [0.15, 0.2) is 0 Å². The first kappa shape index (κ1) is 19.2. The number of para-hydroxylation sites is 2. The van der Waals surface area contributed by atoms with Crippen molar-refractivity contribution in [1.82, 2.24) is 4.90 Å². The molecule has 0 bridgehead atoms. The zero-order valence-electron chi connectivity index (χ0n) is 15.3. The van der Waals surface area contributed by atoms with Crippen LogP contribution in [0.2, 0.25) is 0 Å². The normalized spacial score (nSPS) is 14.6. The van der Waals surface area contributed by atoms with Gasteiger partial charge in [0.05, 0.1) is 17.2 Å². The van der Waals surface area contributed by atoms with Gasteiger partial charge in [0.25, 0.3) is 15.9 Å². The highest BCUT2D eigenvalue weighted by Crippen LogP contribution is 2.26. The van der Waals surface area contributed by atoms with Crippen molar-refractivity contribution in [3.8, 4) is 5.75 Å². The molecular formula is C20H24N2O4S. The third kappa shape index (κ3) is 4.60. The van der Waals surface area contributed by atoms with Crippen LogP contribution in [0, 0.1) is 0 Å². The average Bonchev–Trinajstić information content (AvgIpc) is 2.70. The van der Waals surface area contributed by atoms with Gasteiger partial charge in [-0.05, 0) is 62.6 Å². The van der Waals surface area contributed by atoms with Gasteiger partial charge in [-0.2, -0.15) is 0 Å². The van der Waals surface area contributed by atoms with E-state index in [-0.39, 0.29) is 10.8 Å². The van der Waals surface area contributed by atoms with Crippen LogP contribution in [0.1, 0.15) is 36.5 Å². The van der Waals surface area contributed by atoms with Crippen molar-refractivity contribution in [2.24, 2.45) is 0 Å². The largest absolute Gasteiger partial charge is 0.492 e. The third-order valence-electron chi connectivity index (χ3n) is 4.49. The maximum absolute atomic E-state index is 12.7. The lowest BCUT2D eigenvalue weighted by Gasteiger charge is -2.26. The van der Waals surface area contributed by atoms with Crippen molar-refractivity contribution in [1.29, 1.82) is 0 Å². The fraction of sp³-hybridized carbons (Fsp3) is 0.350. The molecule has 2 aromatic carbocycles. The summed E-state index contributed by atoms with van der Waals surface area (Å²) in [5.41, 5.74) is 0.887. The van der Waals surface area contributed by atoms with Crippen molar-refractivity contribution in [3.05, 3.63) is 54.1 Å². The number of sulfonamides is 1. The Balaban J connectivity index is 1.76. The summed E-state index contributed by atoms with van der Waals surface area (Å²) >= 11 is 0. The molecule has 2 aromatic rings. The first-order valence-electron chi connectivity index (χ1n) is 9.15. The van der Waals surface area contributed by atoms with Crippen LogP contribution in [0.5, 0.6) is 5.75 Å². The number of anilines is 1. The highest BCUT2D eigenvalue weighted by atomic mass is 32.2. The molecule has 27 heavy (non-hydrogen) atoms. The molecule has 1 aliphatic heterocycles. The van der Waals surface area contributed by atoms with Gasteiger partial charge >= 0.3 is 0 Å². The lowest BCUT2D eigenvalue weighted by molar-refractivity contribution is 0.0724. The quantitative estimate of drug-likeness (QED) is 0.822. The van der Waals surface area contributed by atoms with E-state index in [1.165, 1.54) is 12.1 Å². The number of nitrogens with one attached hydrogen (secondary N) is 1. The Bertz CT molecular complexity index is 888. The molecule has 1 heterocycles. The van der Waals surface area contributed by atoms with Crippen LogP contribution in [0.15, 0.2) is 53.4 Å². The molecule has 1 N–H and O–H groups in total. The minimum absolute atomic E-state index is 0.0479. The number of nitrogens with zero attached hydrogens (tertiary/aromatic N) is 1. The molecular weight excluding hydrogens is 364 g/mol. The number of rotatable bonds is 6. The van der Waals surface area contributed by atoms with E-state index in [0.29, 0.717) is 23.6 Å². The Morgan fingerprint density at radius 3 is 2.37 bits per heavy atom. The molecule has 0 atom stereocenters. The number of hydrogen-bond donors (Lipinski definition) is 1. The van der Waals surface area contributed by atoms with Crippen LogP contribution in [-0.4, -0.2) is 38.9 Å². The second kappa shape index (κ2) is 8.43. The SMILES string of the molecule is CCOc1ccccc1NS(=O)(=O)c1ccc(C(=O)N2CCCCC2)cc1. The number of amides is 1. The number of carbonyl (C=O) groups is 1. The molecule has 144 valence electrons. The van der Waals surface area contributed by atoms with Crippen LogP contribution in [-0.2, 0) is 10.0 Å². The van der Waals surface area contributed by atoms with Crippen molar-refractivity contribution >= 4 is 21.6 Å². The second-order valence-corrected chi connectivity index (χ2v) is 8.09. The molecule has 0 unspecified atom stereocenters. The predicted molar refractivity (Wildman–Crippen MR) is 105 cm³/mol. The number of piperidine rings is 1. The third-order valence-corrected chi connectivity index (χ3v) is 5.87. The fourth-order valence-corrected chi connectivity index (χ4v) is 4.16. The molecule has 0 saturated carbocycles. The number of carbonyl (C=O) groups excluding carboxylic acids is 1. The highest BCUT2D eigenvalue weighted by Gasteiger charge is 2.20. The molecule has 0 spiro atoms. The standard InChI is InChI=1S/C20H24N2O4S/c1-2-26-19-9-5-4-8-18(19)21-27(24,25)17-12-10-16(11-13-17)20(23)22-14-6-3-7-15-22/h4-5,8-13,21H,2-3,6-7,14-15H2,1H3. The Hall–Kier alpha value is -2.54. The Morgan fingerprint density at radius 2 is 1.70 bits per heavy atom. The summed E-state index contributed by atoms with van der Waals surface area (Å²) in [4.78, 5) is 14.4. The van der Waals surface area contributed by atoms with E-state index in [1.54, 1.807) is 36.4 Å². The number of benzene rings is 2. The van der Waals surface area contributed by atoms with E-state index in [2.05, 4.69) is 4.72 Å². The Morgan fingerprint density at radius 1 is 1.04 bits per heavy atom. The fourth-order valence-electron chi connectivity index (χ4n) is 3.09. The summed E-state index contributed by atoms with van der Waals surface area (Å²) in [7, 11) is -3.78. The molecule has 0 radical (unpaired) electrons. The molecule has 0 aliphatic carbocycles. The summed E-state index contributed by atoms with van der Waals surface area (Å²) < 4.78 is 33.4. The molecule has 6 nitrogen and oxygen atoms in total. The van der Waals surface area contributed by atoms with Crippen molar-refractivity contribution in [2.75, 3.05) is 24.4 Å². The monoisotopic (exact) mass is 388 g/mol. The van der Waals surface area contributed by atoms with Crippen LogP contribution >= 0.6 is 0 Å². The number of hydrogen-bond acceptors (Lipinski definition) is 4. The molecule has 1 fully saturated rings. The average molecular weight is 388 g/mol. The van der Waals surface area contributed by atoms with Crippen molar-refractivity contribution in [2.45, 2.75) is 31.1 Å². The zero-order chi connectivity index (χ0) is 19.3. The van der Waals surface area contributed by atoms with Gasteiger partial charge in [0.1, 0.15) is 5.75 Å². The summed E-state index contributed by atoms with van der Waals surface area (Å²) in [5, 5.41) is 0.